The fraction of sp³-hybridized carbons (Fsp3) is 0.0667. The van der Waals surface area contributed by atoms with Gasteiger partial charge in [0, 0.05) is 42.6 Å². The molecule has 0 saturated heterocycles. The zero-order chi connectivity index (χ0) is 31.5. The van der Waals surface area contributed by atoms with Crippen molar-refractivity contribution in [2.75, 3.05) is 4.90 Å². The summed E-state index contributed by atoms with van der Waals surface area (Å²) in [5, 5.41) is 2.67. The summed E-state index contributed by atoms with van der Waals surface area (Å²) in [6, 6.07) is 59.7. The van der Waals surface area contributed by atoms with Gasteiger partial charge in [0.1, 0.15) is 0 Å². The van der Waals surface area contributed by atoms with Crippen LogP contribution in [0.4, 0.5) is 17.1 Å². The Kier molecular flexibility index (Phi) is 6.41. The van der Waals surface area contributed by atoms with Crippen molar-refractivity contribution in [3.05, 3.63) is 175 Å². The number of fused-ring (bicyclic) bond motifs is 7. The molecule has 47 heavy (non-hydrogen) atoms. The second-order valence-corrected chi connectivity index (χ2v) is 14.0. The third-order valence-electron chi connectivity index (χ3n) is 9.86. The average molecular weight is 620 g/mol. The molecule has 0 bridgehead atoms. The second kappa shape index (κ2) is 10.8. The molecule has 224 valence electrons. The normalized spacial score (nSPS) is 13.1. The predicted molar refractivity (Wildman–Crippen MR) is 202 cm³/mol. The first-order valence-electron chi connectivity index (χ1n) is 16.3. The monoisotopic (exact) mass is 619 g/mol. The average Bonchev–Trinajstić information content (AvgIpc) is 3.61. The first kappa shape index (κ1) is 27.8. The van der Waals surface area contributed by atoms with Crippen molar-refractivity contribution in [2.45, 2.75) is 19.3 Å². The second-order valence-electron chi connectivity index (χ2n) is 13.0. The molecule has 0 aliphatic heterocycles. The van der Waals surface area contributed by atoms with Gasteiger partial charge in [0.15, 0.2) is 0 Å². The van der Waals surface area contributed by atoms with E-state index in [0.29, 0.717) is 0 Å². The lowest BCUT2D eigenvalue weighted by Crippen LogP contribution is -2.14. The van der Waals surface area contributed by atoms with Crippen LogP contribution < -0.4 is 4.90 Å². The minimum Gasteiger partial charge on any atom is -0.310 e. The lowest BCUT2D eigenvalue weighted by molar-refractivity contribution is 0.667. The van der Waals surface area contributed by atoms with Crippen LogP contribution in [0.25, 0.3) is 53.6 Å². The highest BCUT2D eigenvalue weighted by Crippen LogP contribution is 2.54. The van der Waals surface area contributed by atoms with Gasteiger partial charge in [-0.1, -0.05) is 141 Å². The van der Waals surface area contributed by atoms with E-state index in [-0.39, 0.29) is 5.41 Å². The SMILES string of the molecule is CC1(C)c2ccccc2-c2ccc3c(sc4cc(N(c5ccc(-c6ccccc6)cc5)c5ccc(-c6ccccc6)cc5)ccc43)c21. The largest absolute Gasteiger partial charge is 0.310 e. The minimum atomic E-state index is -0.0395. The Hall–Kier alpha value is -5.44. The van der Waals surface area contributed by atoms with E-state index in [1.807, 2.05) is 11.3 Å². The molecule has 2 heteroatoms. The molecule has 0 unspecified atom stereocenters. The maximum Gasteiger partial charge on any atom is 0.0476 e. The first-order valence-corrected chi connectivity index (χ1v) is 17.1. The lowest BCUT2D eigenvalue weighted by Gasteiger charge is -2.26. The summed E-state index contributed by atoms with van der Waals surface area (Å²) in [6.07, 6.45) is 0. The molecule has 1 nitrogen and oxygen atoms in total. The van der Waals surface area contributed by atoms with Gasteiger partial charge in [-0.3, -0.25) is 0 Å². The molecule has 0 saturated carbocycles. The molecule has 9 rings (SSSR count). The third kappa shape index (κ3) is 4.52. The van der Waals surface area contributed by atoms with E-state index in [0.717, 1.165) is 17.1 Å². The van der Waals surface area contributed by atoms with Gasteiger partial charge in [0.2, 0.25) is 0 Å². The van der Waals surface area contributed by atoms with E-state index in [4.69, 9.17) is 0 Å². The fourth-order valence-corrected chi connectivity index (χ4v) is 8.97. The van der Waals surface area contributed by atoms with Crippen LogP contribution in [0, 0.1) is 0 Å². The Morgan fingerprint density at radius 2 is 0.957 bits per heavy atom. The van der Waals surface area contributed by atoms with Crippen LogP contribution in [0.2, 0.25) is 0 Å². The molecule has 1 aliphatic rings. The summed E-state index contributed by atoms with van der Waals surface area (Å²) >= 11 is 1.93. The molecular weight excluding hydrogens is 587 g/mol. The van der Waals surface area contributed by atoms with Crippen molar-refractivity contribution in [1.82, 2.24) is 0 Å². The summed E-state index contributed by atoms with van der Waals surface area (Å²) in [6.45, 7) is 4.76. The molecule has 0 N–H and O–H groups in total. The number of benzene rings is 7. The smallest absolute Gasteiger partial charge is 0.0476 e. The van der Waals surface area contributed by atoms with Crippen LogP contribution in [-0.4, -0.2) is 0 Å². The molecule has 0 amide bonds. The van der Waals surface area contributed by atoms with Gasteiger partial charge < -0.3 is 4.90 Å². The van der Waals surface area contributed by atoms with E-state index < -0.39 is 0 Å². The van der Waals surface area contributed by atoms with E-state index in [1.165, 1.54) is 64.7 Å². The molecule has 1 heterocycles. The van der Waals surface area contributed by atoms with Gasteiger partial charge in [-0.05, 0) is 80.9 Å². The third-order valence-corrected chi connectivity index (χ3v) is 11.0. The topological polar surface area (TPSA) is 3.24 Å². The number of hydrogen-bond donors (Lipinski definition) is 0. The molecule has 0 spiro atoms. The van der Waals surface area contributed by atoms with Gasteiger partial charge in [-0.15, -0.1) is 11.3 Å². The molecule has 0 radical (unpaired) electrons. The van der Waals surface area contributed by atoms with Crippen molar-refractivity contribution in [3.63, 3.8) is 0 Å². The Morgan fingerprint density at radius 3 is 1.57 bits per heavy atom. The van der Waals surface area contributed by atoms with Gasteiger partial charge >= 0.3 is 0 Å². The standard InChI is InChI=1S/C45H33NS/c1-45(2)41-16-10-9-15-37(41)39-27-28-40-38-26-25-36(29-42(38)47-44(40)43(39)45)46(34-21-17-32(18-22-34)30-11-5-3-6-12-30)35-23-19-33(20-24-35)31-13-7-4-8-14-31/h3-29H,1-2H3. The quantitative estimate of drug-likeness (QED) is 0.185. The van der Waals surface area contributed by atoms with E-state index >= 15 is 0 Å². The maximum atomic E-state index is 2.39. The van der Waals surface area contributed by atoms with Crippen molar-refractivity contribution in [3.8, 4) is 33.4 Å². The first-order chi connectivity index (χ1) is 23.1. The van der Waals surface area contributed by atoms with Crippen LogP contribution in [-0.2, 0) is 5.41 Å². The summed E-state index contributed by atoms with van der Waals surface area (Å²) in [4.78, 5) is 2.39. The molecule has 7 aromatic carbocycles. The van der Waals surface area contributed by atoms with Gasteiger partial charge in [-0.2, -0.15) is 0 Å². The van der Waals surface area contributed by atoms with Gasteiger partial charge in [-0.25, -0.2) is 0 Å². The summed E-state index contributed by atoms with van der Waals surface area (Å²) in [5.41, 5.74) is 13.9. The highest BCUT2D eigenvalue weighted by atomic mass is 32.1. The minimum absolute atomic E-state index is 0.0395. The maximum absolute atomic E-state index is 2.39. The molecule has 8 aromatic rings. The van der Waals surface area contributed by atoms with Gasteiger partial charge in [0.05, 0.1) is 0 Å². The van der Waals surface area contributed by atoms with E-state index in [1.54, 1.807) is 0 Å². The predicted octanol–water partition coefficient (Wildman–Crippen LogP) is 13.2. The van der Waals surface area contributed by atoms with Crippen LogP contribution >= 0.6 is 11.3 Å². The van der Waals surface area contributed by atoms with Crippen molar-refractivity contribution in [2.24, 2.45) is 0 Å². The Bertz CT molecular complexity index is 2320. The van der Waals surface area contributed by atoms with Crippen LogP contribution in [0.1, 0.15) is 25.0 Å². The zero-order valence-electron chi connectivity index (χ0n) is 26.4. The molecule has 0 atom stereocenters. The fourth-order valence-electron chi connectivity index (χ4n) is 7.52. The van der Waals surface area contributed by atoms with E-state index in [2.05, 4.69) is 183 Å². The number of hydrogen-bond acceptors (Lipinski definition) is 2. The highest BCUT2D eigenvalue weighted by molar-refractivity contribution is 7.26. The summed E-state index contributed by atoms with van der Waals surface area (Å²) in [5.74, 6) is 0. The number of anilines is 3. The Labute approximate surface area is 280 Å². The summed E-state index contributed by atoms with van der Waals surface area (Å²) in [7, 11) is 0. The van der Waals surface area contributed by atoms with Gasteiger partial charge in [0.25, 0.3) is 0 Å². The van der Waals surface area contributed by atoms with Crippen molar-refractivity contribution in [1.29, 1.82) is 0 Å². The zero-order valence-corrected chi connectivity index (χ0v) is 27.3. The molecule has 1 aliphatic carbocycles. The number of rotatable bonds is 5. The highest BCUT2D eigenvalue weighted by Gasteiger charge is 2.37. The number of nitrogens with zero attached hydrogens (tertiary/aromatic N) is 1. The van der Waals surface area contributed by atoms with Crippen molar-refractivity contribution >= 4 is 48.6 Å². The molecular formula is C45H33NS. The summed E-state index contributed by atoms with van der Waals surface area (Å²) < 4.78 is 2.71. The molecule has 1 aromatic heterocycles. The van der Waals surface area contributed by atoms with Crippen molar-refractivity contribution < 1.29 is 0 Å². The van der Waals surface area contributed by atoms with E-state index in [9.17, 15) is 0 Å². The Balaban J connectivity index is 1.18. The van der Waals surface area contributed by atoms with Crippen LogP contribution in [0.3, 0.4) is 0 Å². The molecule has 0 fully saturated rings. The van der Waals surface area contributed by atoms with Crippen LogP contribution in [0.5, 0.6) is 0 Å². The number of thiophene rings is 1. The Morgan fingerprint density at radius 1 is 0.447 bits per heavy atom. The van der Waals surface area contributed by atoms with Crippen LogP contribution in [0.15, 0.2) is 164 Å². The lowest BCUT2D eigenvalue weighted by atomic mass is 9.82.